The van der Waals surface area contributed by atoms with Gasteiger partial charge in [-0.2, -0.15) is 0 Å². The molecule has 1 N–H and O–H groups in total. The highest BCUT2D eigenvalue weighted by Gasteiger charge is 2.38. The van der Waals surface area contributed by atoms with Crippen molar-refractivity contribution in [2.24, 2.45) is 0 Å². The first-order valence-corrected chi connectivity index (χ1v) is 9.00. The van der Waals surface area contributed by atoms with E-state index >= 15 is 0 Å². The van der Waals surface area contributed by atoms with Crippen molar-refractivity contribution < 1.29 is 24.2 Å². The van der Waals surface area contributed by atoms with Crippen LogP contribution in [0, 0.1) is 0 Å². The van der Waals surface area contributed by atoms with Gasteiger partial charge in [0.2, 0.25) is 11.8 Å². The smallest absolute Gasteiger partial charge is 0.305 e. The van der Waals surface area contributed by atoms with Gasteiger partial charge in [0.15, 0.2) is 0 Å². The van der Waals surface area contributed by atoms with Crippen LogP contribution in [0.5, 0.6) is 0 Å². The summed E-state index contributed by atoms with van der Waals surface area (Å²) in [6.07, 6.45) is 3.91. The Morgan fingerprint density at radius 2 is 1.96 bits per heavy atom. The zero-order valence-electron chi connectivity index (χ0n) is 15.5. The van der Waals surface area contributed by atoms with Gasteiger partial charge in [-0.25, -0.2) is 0 Å². The number of rotatable bonds is 5. The number of carbonyl (C=O) groups is 3. The summed E-state index contributed by atoms with van der Waals surface area (Å²) in [5, 5.41) is 9.16. The van der Waals surface area contributed by atoms with Crippen LogP contribution in [0.2, 0.25) is 0 Å². The van der Waals surface area contributed by atoms with Crippen molar-refractivity contribution in [3.8, 4) is 0 Å². The number of aliphatic carboxylic acids is 1. The Kier molecular flexibility index (Phi) is 5.60. The van der Waals surface area contributed by atoms with Gasteiger partial charge in [0.25, 0.3) is 0 Å². The molecule has 144 valence electrons. The molecule has 0 saturated carbocycles. The maximum absolute atomic E-state index is 13.1. The fourth-order valence-corrected chi connectivity index (χ4v) is 3.94. The van der Waals surface area contributed by atoms with E-state index in [4.69, 9.17) is 9.84 Å². The highest BCUT2D eigenvalue weighted by Crippen LogP contribution is 2.34. The Morgan fingerprint density at radius 1 is 1.22 bits per heavy atom. The molecular formula is C20H24N2O5. The molecule has 1 aromatic rings. The lowest BCUT2D eigenvalue weighted by Crippen LogP contribution is -2.40. The molecule has 0 aromatic heterocycles. The summed E-state index contributed by atoms with van der Waals surface area (Å²) < 4.78 is 5.35. The number of carboxylic acid groups (broad SMARTS) is 1. The number of carbonyl (C=O) groups excluding carboxylic acids is 2. The predicted octanol–water partition coefficient (Wildman–Crippen LogP) is 2.04. The average molecular weight is 372 g/mol. The summed E-state index contributed by atoms with van der Waals surface area (Å²) in [4.78, 5) is 39.5. The fourth-order valence-electron chi connectivity index (χ4n) is 3.94. The Balaban J connectivity index is 1.83. The Hall–Kier alpha value is -2.67. The van der Waals surface area contributed by atoms with Crippen molar-refractivity contribution in [3.05, 3.63) is 41.6 Å². The van der Waals surface area contributed by atoms with E-state index in [1.165, 1.54) is 6.92 Å². The largest absolute Gasteiger partial charge is 0.481 e. The third kappa shape index (κ3) is 4.03. The lowest BCUT2D eigenvalue weighted by molar-refractivity contribution is -0.140. The van der Waals surface area contributed by atoms with Crippen molar-refractivity contribution in [1.29, 1.82) is 0 Å². The van der Waals surface area contributed by atoms with E-state index in [0.29, 0.717) is 13.0 Å². The number of carboxylic acids is 1. The predicted molar refractivity (Wildman–Crippen MR) is 98.5 cm³/mol. The molecule has 1 aromatic carbocycles. The quantitative estimate of drug-likeness (QED) is 0.855. The maximum atomic E-state index is 13.1. The van der Waals surface area contributed by atoms with Gasteiger partial charge in [-0.05, 0) is 23.6 Å². The zero-order chi connectivity index (χ0) is 19.6. The van der Waals surface area contributed by atoms with Gasteiger partial charge in [0.1, 0.15) is 0 Å². The summed E-state index contributed by atoms with van der Waals surface area (Å²) in [6, 6.07) is 6.88. The van der Waals surface area contributed by atoms with E-state index in [1.54, 1.807) is 23.1 Å². The zero-order valence-corrected chi connectivity index (χ0v) is 15.5. The van der Waals surface area contributed by atoms with Gasteiger partial charge in [-0.1, -0.05) is 24.3 Å². The number of amides is 2. The normalized spacial score (nSPS) is 24.0. The summed E-state index contributed by atoms with van der Waals surface area (Å²) in [7, 11) is 1.57. The van der Waals surface area contributed by atoms with Gasteiger partial charge >= 0.3 is 5.97 Å². The molecule has 7 heteroatoms. The molecule has 0 bridgehead atoms. The fraction of sp³-hybridized carbons (Fsp3) is 0.450. The van der Waals surface area contributed by atoms with Crippen molar-refractivity contribution in [3.63, 3.8) is 0 Å². The van der Waals surface area contributed by atoms with Crippen LogP contribution in [0.25, 0.3) is 6.08 Å². The number of hydrogen-bond acceptors (Lipinski definition) is 4. The maximum Gasteiger partial charge on any atom is 0.305 e. The molecule has 3 atom stereocenters. The second-order valence-corrected chi connectivity index (χ2v) is 6.98. The van der Waals surface area contributed by atoms with Crippen LogP contribution < -0.4 is 0 Å². The van der Waals surface area contributed by atoms with Gasteiger partial charge in [0, 0.05) is 32.8 Å². The van der Waals surface area contributed by atoms with Gasteiger partial charge in [-0.15, -0.1) is 0 Å². The number of benzene rings is 1. The highest BCUT2D eigenvalue weighted by atomic mass is 16.5. The number of methoxy groups -OCH3 is 1. The molecule has 0 aliphatic carbocycles. The van der Waals surface area contributed by atoms with Gasteiger partial charge in [-0.3, -0.25) is 14.4 Å². The number of hydrogen-bond donors (Lipinski definition) is 1. The van der Waals surface area contributed by atoms with E-state index < -0.39 is 12.0 Å². The van der Waals surface area contributed by atoms with Gasteiger partial charge in [0.05, 0.1) is 25.0 Å². The van der Waals surface area contributed by atoms with E-state index in [0.717, 1.165) is 11.1 Å². The SMILES string of the molecule is COC1CC(CC(=O)O)N(C(=O)CC2c3ccccc3C=CN2C(C)=O)C1. The van der Waals surface area contributed by atoms with Crippen LogP contribution in [0.15, 0.2) is 30.5 Å². The molecule has 27 heavy (non-hydrogen) atoms. The minimum absolute atomic E-state index is 0.105. The van der Waals surface area contributed by atoms with Crippen molar-refractivity contribution in [2.75, 3.05) is 13.7 Å². The van der Waals surface area contributed by atoms with E-state index in [9.17, 15) is 14.4 Å². The van der Waals surface area contributed by atoms with Crippen LogP contribution >= 0.6 is 0 Å². The van der Waals surface area contributed by atoms with Crippen LogP contribution in [0.4, 0.5) is 0 Å². The Morgan fingerprint density at radius 3 is 2.63 bits per heavy atom. The van der Waals surface area contributed by atoms with Crippen LogP contribution in [-0.2, 0) is 19.1 Å². The number of likely N-dealkylation sites (tertiary alicyclic amines) is 1. The first kappa shape index (κ1) is 19.1. The van der Waals surface area contributed by atoms with E-state index in [-0.39, 0.29) is 36.8 Å². The monoisotopic (exact) mass is 372 g/mol. The molecule has 7 nitrogen and oxygen atoms in total. The molecule has 3 rings (SSSR count). The molecule has 2 heterocycles. The first-order valence-electron chi connectivity index (χ1n) is 9.00. The summed E-state index contributed by atoms with van der Waals surface area (Å²) in [5.74, 6) is -1.25. The van der Waals surface area contributed by atoms with Crippen LogP contribution in [-0.4, -0.2) is 58.5 Å². The Labute approximate surface area is 158 Å². The molecule has 0 radical (unpaired) electrons. The topological polar surface area (TPSA) is 87.2 Å². The van der Waals surface area contributed by atoms with E-state index in [2.05, 4.69) is 0 Å². The third-order valence-corrected chi connectivity index (χ3v) is 5.28. The summed E-state index contributed by atoms with van der Waals surface area (Å²) in [5.41, 5.74) is 1.90. The second-order valence-electron chi connectivity index (χ2n) is 6.98. The summed E-state index contributed by atoms with van der Waals surface area (Å²) in [6.45, 7) is 1.84. The highest BCUT2D eigenvalue weighted by molar-refractivity contribution is 5.82. The number of fused-ring (bicyclic) bond motifs is 1. The molecule has 2 aliphatic rings. The minimum atomic E-state index is -0.939. The summed E-state index contributed by atoms with van der Waals surface area (Å²) >= 11 is 0. The van der Waals surface area contributed by atoms with Crippen LogP contribution in [0.1, 0.15) is 43.4 Å². The first-order chi connectivity index (χ1) is 12.9. The second kappa shape index (κ2) is 7.92. The van der Waals surface area contributed by atoms with Crippen LogP contribution in [0.3, 0.4) is 0 Å². The lowest BCUT2D eigenvalue weighted by atomic mass is 9.93. The molecule has 1 saturated heterocycles. The minimum Gasteiger partial charge on any atom is -0.481 e. The molecule has 1 fully saturated rings. The Bertz CT molecular complexity index is 775. The van der Waals surface area contributed by atoms with Crippen molar-refractivity contribution in [1.82, 2.24) is 9.80 Å². The molecule has 3 unspecified atom stereocenters. The van der Waals surface area contributed by atoms with Gasteiger partial charge < -0.3 is 19.6 Å². The molecule has 0 spiro atoms. The number of nitrogens with zero attached hydrogens (tertiary/aromatic N) is 2. The average Bonchev–Trinajstić information content (AvgIpc) is 3.04. The van der Waals surface area contributed by atoms with Crippen molar-refractivity contribution >= 4 is 23.9 Å². The molecule has 2 aliphatic heterocycles. The standard InChI is InChI=1S/C20H24N2O5/c1-13(23)21-8-7-14-5-3-4-6-17(14)18(21)11-19(24)22-12-16(27-2)9-15(22)10-20(25)26/h3-8,15-16,18H,9-12H2,1-2H3,(H,25,26). The lowest BCUT2D eigenvalue weighted by Gasteiger charge is -2.34. The number of ether oxygens (including phenoxy) is 1. The van der Waals surface area contributed by atoms with E-state index in [1.807, 2.05) is 30.3 Å². The van der Waals surface area contributed by atoms with Crippen molar-refractivity contribution in [2.45, 2.75) is 44.4 Å². The molecular weight excluding hydrogens is 348 g/mol. The molecule has 2 amide bonds. The third-order valence-electron chi connectivity index (χ3n) is 5.28.